The molecule has 0 aliphatic heterocycles. The maximum absolute atomic E-state index is 11.5. The first kappa shape index (κ1) is 18.0. The first-order valence-corrected chi connectivity index (χ1v) is 9.51. The number of hydrogen-bond acceptors (Lipinski definition) is 4. The zero-order valence-corrected chi connectivity index (χ0v) is 14.1. The van der Waals surface area contributed by atoms with Gasteiger partial charge in [0.15, 0.2) is 0 Å². The van der Waals surface area contributed by atoms with Crippen LogP contribution in [0.15, 0.2) is 24.3 Å². The molecule has 4 nitrogen and oxygen atoms in total. The Bertz CT molecular complexity index is 514. The van der Waals surface area contributed by atoms with Gasteiger partial charge >= 0.3 is 0 Å². The third kappa shape index (κ3) is 6.06. The number of ether oxygens (including phenoxy) is 1. The Morgan fingerprint density at radius 2 is 1.90 bits per heavy atom. The maximum Gasteiger partial charge on any atom is 0.150 e. The number of para-hydroxylation sites is 1. The fourth-order valence-electron chi connectivity index (χ4n) is 2.23. The van der Waals surface area contributed by atoms with Gasteiger partial charge in [-0.1, -0.05) is 39.0 Å². The predicted molar refractivity (Wildman–Crippen MR) is 87.6 cm³/mol. The number of rotatable bonds is 10. The van der Waals surface area contributed by atoms with Crippen LogP contribution in [-0.4, -0.2) is 33.1 Å². The molecule has 5 heteroatoms. The summed E-state index contributed by atoms with van der Waals surface area (Å²) in [5.74, 6) is 1.23. The van der Waals surface area contributed by atoms with Crippen molar-refractivity contribution in [2.45, 2.75) is 39.7 Å². The molecule has 0 radical (unpaired) electrons. The molecule has 0 fully saturated rings. The van der Waals surface area contributed by atoms with E-state index in [0.717, 1.165) is 24.3 Å². The van der Waals surface area contributed by atoms with Gasteiger partial charge < -0.3 is 10.1 Å². The van der Waals surface area contributed by atoms with E-state index < -0.39 is 9.84 Å². The molecular weight excluding hydrogens is 286 g/mol. The van der Waals surface area contributed by atoms with Crippen LogP contribution in [0.4, 0.5) is 0 Å². The van der Waals surface area contributed by atoms with E-state index >= 15 is 0 Å². The monoisotopic (exact) mass is 313 g/mol. The lowest BCUT2D eigenvalue weighted by Gasteiger charge is -2.20. The largest absolute Gasteiger partial charge is 0.493 e. The molecule has 0 saturated carbocycles. The van der Waals surface area contributed by atoms with Crippen LogP contribution in [0.25, 0.3) is 0 Å². The van der Waals surface area contributed by atoms with Crippen molar-refractivity contribution >= 4 is 9.84 Å². The van der Waals surface area contributed by atoms with Crippen LogP contribution in [0, 0.1) is 0 Å². The zero-order valence-electron chi connectivity index (χ0n) is 13.3. The molecule has 0 aliphatic rings. The number of benzene rings is 1. The summed E-state index contributed by atoms with van der Waals surface area (Å²) in [5, 5.41) is 3.44. The Kier molecular flexibility index (Phi) is 7.75. The maximum atomic E-state index is 11.5. The van der Waals surface area contributed by atoms with Gasteiger partial charge in [0.1, 0.15) is 15.6 Å². The molecule has 1 aromatic rings. The third-order valence-corrected chi connectivity index (χ3v) is 5.24. The van der Waals surface area contributed by atoms with E-state index in [1.165, 1.54) is 0 Å². The second-order valence-corrected chi connectivity index (χ2v) is 7.47. The Morgan fingerprint density at radius 1 is 1.19 bits per heavy atom. The molecule has 0 aromatic heterocycles. The lowest BCUT2D eigenvalue weighted by atomic mass is 10.0. The van der Waals surface area contributed by atoms with Crippen molar-refractivity contribution < 1.29 is 13.2 Å². The van der Waals surface area contributed by atoms with E-state index in [2.05, 4.69) is 25.2 Å². The van der Waals surface area contributed by atoms with E-state index in [4.69, 9.17) is 4.74 Å². The molecule has 120 valence electrons. The first-order chi connectivity index (χ1) is 10.0. The lowest BCUT2D eigenvalue weighted by molar-refractivity contribution is 0.310. The van der Waals surface area contributed by atoms with Gasteiger partial charge in [-0.05, 0) is 25.5 Å². The van der Waals surface area contributed by atoms with Crippen LogP contribution in [0.1, 0.15) is 45.2 Å². The molecule has 0 bridgehead atoms. The molecule has 0 amide bonds. The van der Waals surface area contributed by atoms with E-state index in [9.17, 15) is 8.42 Å². The standard InChI is InChI=1S/C16H27NO3S/c1-4-15(17-5-2)14-10-7-8-11-16(14)20-12-9-13-21(18,19)6-3/h7-8,10-11,15,17H,4-6,9,12-13H2,1-3H3. The van der Waals surface area contributed by atoms with Crippen LogP contribution in [0.2, 0.25) is 0 Å². The summed E-state index contributed by atoms with van der Waals surface area (Å²) in [6.07, 6.45) is 1.51. The second-order valence-electron chi connectivity index (χ2n) is 4.99. The summed E-state index contributed by atoms with van der Waals surface area (Å²) in [7, 11) is -2.91. The van der Waals surface area contributed by atoms with E-state index in [1.54, 1.807) is 6.92 Å². The van der Waals surface area contributed by atoms with Gasteiger partial charge in [-0.15, -0.1) is 0 Å². The molecule has 1 N–H and O–H groups in total. The Balaban J connectivity index is 2.63. The SMILES string of the molecule is CCNC(CC)c1ccccc1OCCCS(=O)(=O)CC. The van der Waals surface area contributed by atoms with Crippen molar-refractivity contribution in [3.63, 3.8) is 0 Å². The van der Waals surface area contributed by atoms with Gasteiger partial charge in [0.05, 0.1) is 12.4 Å². The fraction of sp³-hybridized carbons (Fsp3) is 0.625. The summed E-state index contributed by atoms with van der Waals surface area (Å²) in [5.41, 5.74) is 1.14. The summed E-state index contributed by atoms with van der Waals surface area (Å²) in [4.78, 5) is 0. The molecule has 0 spiro atoms. The highest BCUT2D eigenvalue weighted by Gasteiger charge is 2.13. The molecule has 1 aromatic carbocycles. The molecule has 1 atom stereocenters. The van der Waals surface area contributed by atoms with Gasteiger partial charge in [0.2, 0.25) is 0 Å². The smallest absolute Gasteiger partial charge is 0.150 e. The summed E-state index contributed by atoms with van der Waals surface area (Å²) in [6.45, 7) is 7.23. The van der Waals surface area contributed by atoms with Crippen LogP contribution >= 0.6 is 0 Å². The van der Waals surface area contributed by atoms with Crippen LogP contribution in [0.5, 0.6) is 5.75 Å². The topological polar surface area (TPSA) is 55.4 Å². The molecular formula is C16H27NO3S. The number of hydrogen-bond donors (Lipinski definition) is 1. The van der Waals surface area contributed by atoms with Crippen molar-refractivity contribution in [1.29, 1.82) is 0 Å². The molecule has 0 saturated heterocycles. The normalized spacial score (nSPS) is 13.1. The molecule has 21 heavy (non-hydrogen) atoms. The lowest BCUT2D eigenvalue weighted by Crippen LogP contribution is -2.21. The number of nitrogens with one attached hydrogen (secondary N) is 1. The average molecular weight is 313 g/mol. The first-order valence-electron chi connectivity index (χ1n) is 7.69. The van der Waals surface area contributed by atoms with Gasteiger partial charge in [0, 0.05) is 17.4 Å². The van der Waals surface area contributed by atoms with Gasteiger partial charge in [-0.25, -0.2) is 8.42 Å². The van der Waals surface area contributed by atoms with E-state index in [-0.39, 0.29) is 17.5 Å². The van der Waals surface area contributed by atoms with E-state index in [0.29, 0.717) is 13.0 Å². The van der Waals surface area contributed by atoms with Crippen LogP contribution in [0.3, 0.4) is 0 Å². The van der Waals surface area contributed by atoms with Gasteiger partial charge in [0.25, 0.3) is 0 Å². The highest BCUT2D eigenvalue weighted by molar-refractivity contribution is 7.91. The van der Waals surface area contributed by atoms with Crippen molar-refractivity contribution in [1.82, 2.24) is 5.32 Å². The quantitative estimate of drug-likeness (QED) is 0.675. The minimum absolute atomic E-state index is 0.191. The highest BCUT2D eigenvalue weighted by Crippen LogP contribution is 2.27. The number of sulfone groups is 1. The van der Waals surface area contributed by atoms with Crippen molar-refractivity contribution in [2.24, 2.45) is 0 Å². The summed E-state index contributed by atoms with van der Waals surface area (Å²) in [6, 6.07) is 8.23. The minimum atomic E-state index is -2.91. The van der Waals surface area contributed by atoms with Crippen LogP contribution < -0.4 is 10.1 Å². The van der Waals surface area contributed by atoms with Gasteiger partial charge in [-0.3, -0.25) is 0 Å². The predicted octanol–water partition coefficient (Wildman–Crippen LogP) is 2.95. The fourth-order valence-corrected chi connectivity index (χ4v) is 3.07. The van der Waals surface area contributed by atoms with Crippen molar-refractivity contribution in [2.75, 3.05) is 24.7 Å². The highest BCUT2D eigenvalue weighted by atomic mass is 32.2. The second kappa shape index (κ2) is 9.05. The minimum Gasteiger partial charge on any atom is -0.493 e. The van der Waals surface area contributed by atoms with Crippen molar-refractivity contribution in [3.8, 4) is 5.75 Å². The van der Waals surface area contributed by atoms with Gasteiger partial charge in [-0.2, -0.15) is 0 Å². The molecule has 1 unspecified atom stereocenters. The summed E-state index contributed by atoms with van der Waals surface area (Å²) < 4.78 is 28.7. The Labute approximate surface area is 128 Å². The van der Waals surface area contributed by atoms with E-state index in [1.807, 2.05) is 18.2 Å². The zero-order chi connectivity index (χ0) is 15.7. The summed E-state index contributed by atoms with van der Waals surface area (Å²) >= 11 is 0. The Hall–Kier alpha value is -1.07. The molecule has 0 heterocycles. The average Bonchev–Trinajstić information content (AvgIpc) is 2.50. The molecule has 0 aliphatic carbocycles. The van der Waals surface area contributed by atoms with Crippen LogP contribution in [-0.2, 0) is 9.84 Å². The molecule has 1 rings (SSSR count). The third-order valence-electron chi connectivity index (χ3n) is 3.45. The van der Waals surface area contributed by atoms with Crippen molar-refractivity contribution in [3.05, 3.63) is 29.8 Å². The Morgan fingerprint density at radius 3 is 2.52 bits per heavy atom.